The summed E-state index contributed by atoms with van der Waals surface area (Å²) in [5, 5.41) is 4.58. The Morgan fingerprint density at radius 1 is 0.857 bits per heavy atom. The minimum absolute atomic E-state index is 1.01. The van der Waals surface area contributed by atoms with Gasteiger partial charge in [0, 0.05) is 36.8 Å². The van der Waals surface area contributed by atoms with Crippen molar-refractivity contribution in [2.24, 2.45) is 7.05 Å². The Labute approximate surface area is 126 Å². The molecule has 0 saturated heterocycles. The van der Waals surface area contributed by atoms with E-state index in [9.17, 15) is 0 Å². The second-order valence-electron chi connectivity index (χ2n) is 4.67. The fraction of sp³-hybridized carbons (Fsp3) is 0.222. The number of hydrogen-bond acceptors (Lipinski definition) is 2. The first kappa shape index (κ1) is 15.0. The van der Waals surface area contributed by atoms with Crippen LogP contribution in [0, 0.1) is 6.92 Å². The van der Waals surface area contributed by atoms with E-state index in [-0.39, 0.29) is 0 Å². The molecule has 3 aromatic rings. The topological polar surface area (TPSA) is 30.7 Å². The van der Waals surface area contributed by atoms with Crippen molar-refractivity contribution in [2.45, 2.75) is 20.8 Å². The van der Waals surface area contributed by atoms with Crippen LogP contribution in [-0.2, 0) is 7.05 Å². The van der Waals surface area contributed by atoms with Crippen molar-refractivity contribution in [3.63, 3.8) is 0 Å². The van der Waals surface area contributed by atoms with Crippen LogP contribution in [0.5, 0.6) is 0 Å². The Balaban J connectivity index is 0.000000774. The van der Waals surface area contributed by atoms with E-state index in [1.54, 1.807) is 12.4 Å². The van der Waals surface area contributed by atoms with Crippen LogP contribution in [0.25, 0.3) is 22.4 Å². The number of benzene rings is 1. The maximum atomic E-state index is 4.58. The average Bonchev–Trinajstić information content (AvgIpc) is 2.93. The highest BCUT2D eigenvalue weighted by Crippen LogP contribution is 2.30. The molecule has 3 rings (SSSR count). The van der Waals surface area contributed by atoms with E-state index in [4.69, 9.17) is 0 Å². The molecule has 0 aliphatic heterocycles. The Kier molecular flexibility index (Phi) is 4.88. The quantitative estimate of drug-likeness (QED) is 0.692. The number of aryl methyl sites for hydroxylation is 2. The molecule has 0 aliphatic carbocycles. The SMILES string of the molecule is CC.Cc1ccc(-c2nn(C)cc2-c2ccncc2)cc1. The third kappa shape index (κ3) is 3.37. The van der Waals surface area contributed by atoms with Crippen LogP contribution >= 0.6 is 0 Å². The van der Waals surface area contributed by atoms with Gasteiger partial charge < -0.3 is 0 Å². The summed E-state index contributed by atoms with van der Waals surface area (Å²) in [7, 11) is 1.95. The van der Waals surface area contributed by atoms with Crippen molar-refractivity contribution >= 4 is 0 Å². The second-order valence-corrected chi connectivity index (χ2v) is 4.67. The lowest BCUT2D eigenvalue weighted by Gasteiger charge is -2.03. The summed E-state index contributed by atoms with van der Waals surface area (Å²) in [6.07, 6.45) is 5.66. The zero-order valence-electron chi connectivity index (χ0n) is 13.0. The molecule has 0 unspecified atom stereocenters. The molecule has 0 aliphatic rings. The van der Waals surface area contributed by atoms with Gasteiger partial charge in [-0.3, -0.25) is 9.67 Å². The van der Waals surface area contributed by atoms with E-state index >= 15 is 0 Å². The van der Waals surface area contributed by atoms with Gasteiger partial charge in [-0.15, -0.1) is 0 Å². The summed E-state index contributed by atoms with van der Waals surface area (Å²) < 4.78 is 1.85. The Bertz CT molecular complexity index is 682. The second kappa shape index (κ2) is 6.84. The first-order chi connectivity index (χ1) is 10.2. The number of rotatable bonds is 2. The average molecular weight is 279 g/mol. The molecule has 2 heterocycles. The highest BCUT2D eigenvalue weighted by atomic mass is 15.2. The van der Waals surface area contributed by atoms with Crippen molar-refractivity contribution in [3.8, 4) is 22.4 Å². The molecule has 3 heteroatoms. The summed E-state index contributed by atoms with van der Waals surface area (Å²) in [4.78, 5) is 4.06. The van der Waals surface area contributed by atoms with Crippen molar-refractivity contribution in [1.29, 1.82) is 0 Å². The third-order valence-electron chi connectivity index (χ3n) is 3.15. The molecule has 0 radical (unpaired) electrons. The third-order valence-corrected chi connectivity index (χ3v) is 3.15. The monoisotopic (exact) mass is 279 g/mol. The summed E-state index contributed by atoms with van der Waals surface area (Å²) >= 11 is 0. The van der Waals surface area contributed by atoms with Gasteiger partial charge in [-0.05, 0) is 24.6 Å². The molecule has 0 bridgehead atoms. The van der Waals surface area contributed by atoms with Gasteiger partial charge >= 0.3 is 0 Å². The Morgan fingerprint density at radius 3 is 2.10 bits per heavy atom. The maximum Gasteiger partial charge on any atom is 0.100 e. The zero-order valence-corrected chi connectivity index (χ0v) is 13.0. The highest BCUT2D eigenvalue weighted by molar-refractivity contribution is 5.80. The van der Waals surface area contributed by atoms with Gasteiger partial charge in [0.2, 0.25) is 0 Å². The molecule has 3 nitrogen and oxygen atoms in total. The van der Waals surface area contributed by atoms with E-state index in [2.05, 4.69) is 41.3 Å². The molecule has 0 amide bonds. The molecule has 108 valence electrons. The Hall–Kier alpha value is -2.42. The van der Waals surface area contributed by atoms with E-state index in [0.717, 1.165) is 22.4 Å². The van der Waals surface area contributed by atoms with Crippen LogP contribution in [-0.4, -0.2) is 14.8 Å². The van der Waals surface area contributed by atoms with Gasteiger partial charge in [0.1, 0.15) is 5.69 Å². The zero-order chi connectivity index (χ0) is 15.2. The van der Waals surface area contributed by atoms with Gasteiger partial charge in [0.05, 0.1) is 0 Å². The van der Waals surface area contributed by atoms with Gasteiger partial charge in [-0.25, -0.2) is 0 Å². The molecular weight excluding hydrogens is 258 g/mol. The lowest BCUT2D eigenvalue weighted by Crippen LogP contribution is -1.87. The largest absolute Gasteiger partial charge is 0.275 e. The molecule has 1 aromatic carbocycles. The minimum atomic E-state index is 1.01. The number of aromatic nitrogens is 3. The number of hydrogen-bond donors (Lipinski definition) is 0. The van der Waals surface area contributed by atoms with Crippen LogP contribution in [0.15, 0.2) is 55.0 Å². The van der Waals surface area contributed by atoms with Crippen molar-refractivity contribution < 1.29 is 0 Å². The molecule has 2 aromatic heterocycles. The van der Waals surface area contributed by atoms with Gasteiger partial charge in [-0.2, -0.15) is 5.10 Å². The summed E-state index contributed by atoms with van der Waals surface area (Å²) in [6, 6.07) is 12.5. The summed E-state index contributed by atoms with van der Waals surface area (Å²) in [5.74, 6) is 0. The molecule has 0 saturated carbocycles. The van der Waals surface area contributed by atoms with Crippen LogP contribution in [0.4, 0.5) is 0 Å². The van der Waals surface area contributed by atoms with Gasteiger partial charge in [-0.1, -0.05) is 43.7 Å². The lowest BCUT2D eigenvalue weighted by molar-refractivity contribution is 0.771. The highest BCUT2D eigenvalue weighted by Gasteiger charge is 2.11. The fourth-order valence-corrected chi connectivity index (χ4v) is 2.16. The standard InChI is InChI=1S/C16H15N3.C2H6/c1-12-3-5-14(6-4-12)16-15(11-19(2)18-16)13-7-9-17-10-8-13;1-2/h3-11H,1-2H3;1-2H3. The van der Waals surface area contributed by atoms with Crippen molar-refractivity contribution in [2.75, 3.05) is 0 Å². The molecule has 0 fully saturated rings. The van der Waals surface area contributed by atoms with E-state index in [1.807, 2.05) is 43.9 Å². The van der Waals surface area contributed by atoms with Gasteiger partial charge in [0.15, 0.2) is 0 Å². The predicted molar refractivity (Wildman–Crippen MR) is 88.0 cm³/mol. The van der Waals surface area contributed by atoms with Gasteiger partial charge in [0.25, 0.3) is 0 Å². The molecule has 0 N–H and O–H groups in total. The van der Waals surface area contributed by atoms with Crippen LogP contribution in [0.3, 0.4) is 0 Å². The van der Waals surface area contributed by atoms with E-state index in [0.29, 0.717) is 0 Å². The smallest absolute Gasteiger partial charge is 0.100 e. The van der Waals surface area contributed by atoms with Crippen molar-refractivity contribution in [1.82, 2.24) is 14.8 Å². The first-order valence-electron chi connectivity index (χ1n) is 7.25. The Morgan fingerprint density at radius 2 is 1.48 bits per heavy atom. The normalized spacial score (nSPS) is 9.90. The first-order valence-corrected chi connectivity index (χ1v) is 7.25. The molecular formula is C18H21N3. The van der Waals surface area contributed by atoms with Crippen LogP contribution in [0.1, 0.15) is 19.4 Å². The van der Waals surface area contributed by atoms with Crippen molar-refractivity contribution in [3.05, 3.63) is 60.6 Å². The lowest BCUT2D eigenvalue weighted by atomic mass is 10.0. The molecule has 21 heavy (non-hydrogen) atoms. The summed E-state index contributed by atoms with van der Waals surface area (Å²) in [6.45, 7) is 6.09. The molecule has 0 atom stereocenters. The summed E-state index contributed by atoms with van der Waals surface area (Å²) in [5.41, 5.74) is 5.67. The van der Waals surface area contributed by atoms with E-state index in [1.165, 1.54) is 5.56 Å². The van der Waals surface area contributed by atoms with Crippen LogP contribution in [0.2, 0.25) is 0 Å². The predicted octanol–water partition coefficient (Wildman–Crippen LogP) is 4.48. The molecule has 0 spiro atoms. The minimum Gasteiger partial charge on any atom is -0.275 e. The van der Waals surface area contributed by atoms with Crippen LogP contribution < -0.4 is 0 Å². The van der Waals surface area contributed by atoms with E-state index < -0.39 is 0 Å². The fourth-order valence-electron chi connectivity index (χ4n) is 2.16. The number of nitrogens with zero attached hydrogens (tertiary/aromatic N) is 3. The number of pyridine rings is 1. The maximum absolute atomic E-state index is 4.58.